The summed E-state index contributed by atoms with van der Waals surface area (Å²) in [5, 5.41) is 3.41. The molecule has 1 N–H and O–H groups in total. The van der Waals surface area contributed by atoms with Crippen LogP contribution < -0.4 is 10.9 Å². The first kappa shape index (κ1) is 19.2. The Bertz CT molecular complexity index is 1050. The zero-order valence-corrected chi connectivity index (χ0v) is 17.4. The number of benzene rings is 1. The lowest BCUT2D eigenvalue weighted by Crippen LogP contribution is -2.32. The van der Waals surface area contributed by atoms with E-state index in [1.165, 1.54) is 4.90 Å². The summed E-state index contributed by atoms with van der Waals surface area (Å²) in [5.41, 5.74) is 2.02. The maximum Gasteiger partial charge on any atom is 0.295 e. The summed E-state index contributed by atoms with van der Waals surface area (Å²) in [6, 6.07) is 8.48. The van der Waals surface area contributed by atoms with Crippen molar-refractivity contribution in [2.45, 2.75) is 50.1 Å². The molecule has 0 saturated heterocycles. The fraction of sp³-hybridized carbons (Fsp3) is 0.400. The molecular weight excluding hydrogens is 394 g/mol. The van der Waals surface area contributed by atoms with Crippen LogP contribution in [0.15, 0.2) is 40.2 Å². The molecule has 28 heavy (non-hydrogen) atoms. The highest BCUT2D eigenvalue weighted by Gasteiger charge is 2.25. The normalized spacial score (nSPS) is 15.4. The largest absolute Gasteiger partial charge is 0.359 e. The van der Waals surface area contributed by atoms with Gasteiger partial charge in [-0.15, -0.1) is 11.8 Å². The summed E-state index contributed by atoms with van der Waals surface area (Å²) < 4.78 is 1.73. The fourth-order valence-electron chi connectivity index (χ4n) is 3.37. The molecule has 0 radical (unpaired) electrons. The van der Waals surface area contributed by atoms with E-state index in [0.717, 1.165) is 30.6 Å². The predicted octanol–water partition coefficient (Wildman–Crippen LogP) is 4.85. The van der Waals surface area contributed by atoms with Crippen LogP contribution in [0.3, 0.4) is 0 Å². The number of hydrogen-bond donors (Lipinski definition) is 1. The average molecular weight is 416 g/mol. The number of hydrogen-bond acceptors (Lipinski definition) is 6. The monoisotopic (exact) mass is 415 g/mol. The first-order valence-corrected chi connectivity index (χ1v) is 10.9. The molecule has 1 aliphatic rings. The van der Waals surface area contributed by atoms with Gasteiger partial charge < -0.3 is 5.32 Å². The first-order chi connectivity index (χ1) is 13.6. The van der Waals surface area contributed by atoms with Crippen molar-refractivity contribution in [3.05, 3.63) is 51.7 Å². The van der Waals surface area contributed by atoms with Crippen molar-refractivity contribution in [1.29, 1.82) is 0 Å². The smallest absolute Gasteiger partial charge is 0.295 e. The van der Waals surface area contributed by atoms with Crippen LogP contribution in [0, 0.1) is 0 Å². The van der Waals surface area contributed by atoms with Crippen LogP contribution in [0.4, 0.5) is 5.82 Å². The van der Waals surface area contributed by atoms with Gasteiger partial charge in [0.1, 0.15) is 5.52 Å². The molecule has 2 aromatic heterocycles. The highest BCUT2D eigenvalue weighted by molar-refractivity contribution is 7.99. The van der Waals surface area contributed by atoms with E-state index in [2.05, 4.69) is 51.5 Å². The minimum absolute atomic E-state index is 0.0543. The highest BCUT2D eigenvalue weighted by Crippen LogP contribution is 2.32. The Morgan fingerprint density at radius 1 is 1.29 bits per heavy atom. The maximum absolute atomic E-state index is 13.2. The standard InChI is InChI=1S/C20H22ClN5OS/c1-3-28-15-9-7-13(8-10-15)12(2)23-17-19(27)26(14-5-4-6-14)18-16(24-17)11-22-20(21)25-18/h7-12,14H,3-6H2,1-2H3,(H,23,24)/t12-/m0/s1. The van der Waals surface area contributed by atoms with Gasteiger partial charge in [-0.25, -0.2) is 9.97 Å². The SMILES string of the molecule is CCSc1ccc([C@H](C)Nc2nc3cnc(Cl)nc3n(C3CCC3)c2=O)cc1. The first-order valence-electron chi connectivity index (χ1n) is 9.51. The zero-order chi connectivity index (χ0) is 19.7. The Morgan fingerprint density at radius 2 is 2.04 bits per heavy atom. The molecule has 6 nitrogen and oxygen atoms in total. The summed E-state index contributed by atoms with van der Waals surface area (Å²) in [5.74, 6) is 1.37. The lowest BCUT2D eigenvalue weighted by Gasteiger charge is -2.29. The second-order valence-corrected chi connectivity index (χ2v) is 8.61. The molecule has 3 aromatic rings. The van der Waals surface area contributed by atoms with Gasteiger partial charge in [0, 0.05) is 10.9 Å². The van der Waals surface area contributed by atoms with Gasteiger partial charge in [-0.05, 0) is 61.2 Å². The quantitative estimate of drug-likeness (QED) is 0.458. The maximum atomic E-state index is 13.2. The van der Waals surface area contributed by atoms with Crippen molar-refractivity contribution in [3.8, 4) is 0 Å². The number of anilines is 1. The van der Waals surface area contributed by atoms with Gasteiger partial charge >= 0.3 is 0 Å². The molecule has 0 amide bonds. The summed E-state index contributed by atoms with van der Waals surface area (Å²) in [4.78, 5) is 27.2. The molecule has 8 heteroatoms. The van der Waals surface area contributed by atoms with Crippen molar-refractivity contribution in [3.63, 3.8) is 0 Å². The third-order valence-corrected chi connectivity index (χ3v) is 6.16. The second kappa shape index (κ2) is 8.09. The van der Waals surface area contributed by atoms with Crippen molar-refractivity contribution in [1.82, 2.24) is 19.5 Å². The molecule has 0 unspecified atom stereocenters. The van der Waals surface area contributed by atoms with E-state index >= 15 is 0 Å². The van der Waals surface area contributed by atoms with Crippen molar-refractivity contribution < 1.29 is 0 Å². The van der Waals surface area contributed by atoms with Crippen LogP contribution >= 0.6 is 23.4 Å². The van der Waals surface area contributed by atoms with E-state index < -0.39 is 0 Å². The molecular formula is C20H22ClN5OS. The second-order valence-electron chi connectivity index (χ2n) is 6.94. The van der Waals surface area contributed by atoms with Crippen molar-refractivity contribution in [2.24, 2.45) is 0 Å². The van der Waals surface area contributed by atoms with Crippen molar-refractivity contribution >= 4 is 40.3 Å². The predicted molar refractivity (Wildman–Crippen MR) is 114 cm³/mol. The highest BCUT2D eigenvalue weighted by atomic mass is 35.5. The van der Waals surface area contributed by atoms with Crippen LogP contribution in [0.5, 0.6) is 0 Å². The molecule has 0 spiro atoms. The number of nitrogens with one attached hydrogen (secondary N) is 1. The molecule has 2 heterocycles. The van der Waals surface area contributed by atoms with E-state index in [0.29, 0.717) is 17.0 Å². The molecule has 1 fully saturated rings. The van der Waals surface area contributed by atoms with Crippen LogP contribution in [-0.2, 0) is 0 Å². The van der Waals surface area contributed by atoms with E-state index in [1.54, 1.807) is 10.8 Å². The topological polar surface area (TPSA) is 72.7 Å². The van der Waals surface area contributed by atoms with Gasteiger partial charge in [-0.2, -0.15) is 4.98 Å². The van der Waals surface area contributed by atoms with Gasteiger partial charge in [0.25, 0.3) is 5.56 Å². The minimum atomic E-state index is -0.156. The molecule has 1 aliphatic carbocycles. The summed E-state index contributed by atoms with van der Waals surface area (Å²) in [6.07, 6.45) is 4.62. The number of aromatic nitrogens is 4. The summed E-state index contributed by atoms with van der Waals surface area (Å²) in [7, 11) is 0. The Hall–Kier alpha value is -2.12. The van der Waals surface area contributed by atoms with Crippen molar-refractivity contribution in [2.75, 3.05) is 11.1 Å². The molecule has 4 rings (SSSR count). The average Bonchev–Trinajstić information content (AvgIpc) is 2.65. The third kappa shape index (κ3) is 3.73. The van der Waals surface area contributed by atoms with Gasteiger partial charge in [0.05, 0.1) is 12.2 Å². The number of nitrogens with zero attached hydrogens (tertiary/aromatic N) is 4. The Kier molecular flexibility index (Phi) is 5.55. The third-order valence-electron chi connectivity index (χ3n) is 5.09. The molecule has 0 aliphatic heterocycles. The van der Waals surface area contributed by atoms with E-state index in [1.807, 2.05) is 18.7 Å². The number of rotatable bonds is 6. The van der Waals surface area contributed by atoms with Crippen LogP contribution in [0.25, 0.3) is 11.2 Å². The molecule has 0 bridgehead atoms. The van der Waals surface area contributed by atoms with E-state index in [9.17, 15) is 4.79 Å². The van der Waals surface area contributed by atoms with Gasteiger partial charge in [0.2, 0.25) is 5.28 Å². The van der Waals surface area contributed by atoms with Crippen LogP contribution in [-0.4, -0.2) is 25.3 Å². The lowest BCUT2D eigenvalue weighted by molar-refractivity contribution is 0.313. The molecule has 1 aromatic carbocycles. The molecule has 1 atom stereocenters. The van der Waals surface area contributed by atoms with Crippen LogP contribution in [0.1, 0.15) is 50.8 Å². The summed E-state index contributed by atoms with van der Waals surface area (Å²) in [6.45, 7) is 4.16. The minimum Gasteiger partial charge on any atom is -0.359 e. The number of halogens is 1. The molecule has 146 valence electrons. The number of fused-ring (bicyclic) bond motifs is 1. The van der Waals surface area contributed by atoms with Gasteiger partial charge in [0.15, 0.2) is 11.5 Å². The Balaban J connectivity index is 1.69. The fourth-order valence-corrected chi connectivity index (χ4v) is 4.16. The van der Waals surface area contributed by atoms with E-state index in [4.69, 9.17) is 11.6 Å². The van der Waals surface area contributed by atoms with Crippen LogP contribution in [0.2, 0.25) is 5.28 Å². The Labute approximate surface area is 172 Å². The summed E-state index contributed by atoms with van der Waals surface area (Å²) >= 11 is 7.77. The number of thioether (sulfide) groups is 1. The Morgan fingerprint density at radius 3 is 2.68 bits per heavy atom. The van der Waals surface area contributed by atoms with Gasteiger partial charge in [-0.1, -0.05) is 19.1 Å². The molecule has 1 saturated carbocycles. The van der Waals surface area contributed by atoms with Gasteiger partial charge in [-0.3, -0.25) is 9.36 Å². The zero-order valence-electron chi connectivity index (χ0n) is 15.9. The lowest BCUT2D eigenvalue weighted by atomic mass is 9.93. The van der Waals surface area contributed by atoms with E-state index in [-0.39, 0.29) is 22.9 Å².